The highest BCUT2D eigenvalue weighted by molar-refractivity contribution is 8.00. The monoisotopic (exact) mass is 429 g/mol. The lowest BCUT2D eigenvalue weighted by Gasteiger charge is -2.36. The van der Waals surface area contributed by atoms with Crippen molar-refractivity contribution in [2.24, 2.45) is 0 Å². The van der Waals surface area contributed by atoms with E-state index in [1.165, 1.54) is 11.8 Å². The van der Waals surface area contributed by atoms with Gasteiger partial charge in [0, 0.05) is 37.3 Å². The van der Waals surface area contributed by atoms with Gasteiger partial charge in [0.2, 0.25) is 5.91 Å². The zero-order chi connectivity index (χ0) is 20.3. The molecule has 1 saturated heterocycles. The van der Waals surface area contributed by atoms with Gasteiger partial charge < -0.3 is 9.80 Å². The predicted octanol–water partition coefficient (Wildman–Crippen LogP) is 4.58. The van der Waals surface area contributed by atoms with Crippen LogP contribution in [0.4, 0.5) is 19.0 Å². The first-order chi connectivity index (χ1) is 13.3. The minimum Gasteiger partial charge on any atom is -0.352 e. The van der Waals surface area contributed by atoms with E-state index < -0.39 is 11.7 Å². The Hall–Kier alpha value is -1.93. The number of halogens is 4. The normalized spacial score (nSPS) is 16.2. The number of anilines is 1. The van der Waals surface area contributed by atoms with Crippen molar-refractivity contribution in [2.45, 2.75) is 23.2 Å². The second-order valence-electron chi connectivity index (χ2n) is 6.41. The van der Waals surface area contributed by atoms with Gasteiger partial charge in [-0.2, -0.15) is 13.2 Å². The van der Waals surface area contributed by atoms with Gasteiger partial charge in [0.05, 0.1) is 15.8 Å². The van der Waals surface area contributed by atoms with Crippen molar-refractivity contribution in [3.05, 3.63) is 53.2 Å². The Bertz CT molecular complexity index is 827. The van der Waals surface area contributed by atoms with Gasteiger partial charge in [-0.1, -0.05) is 29.8 Å². The minimum atomic E-state index is -4.48. The Labute approximate surface area is 170 Å². The molecule has 1 aromatic carbocycles. The number of nitrogens with zero attached hydrogens (tertiary/aromatic N) is 3. The molecule has 0 saturated carbocycles. The molecule has 1 atom stereocenters. The summed E-state index contributed by atoms with van der Waals surface area (Å²) in [6.45, 7) is 3.74. The average Bonchev–Trinajstić information content (AvgIpc) is 2.67. The number of alkyl halides is 3. The van der Waals surface area contributed by atoms with Crippen LogP contribution in [0.2, 0.25) is 5.02 Å². The van der Waals surface area contributed by atoms with E-state index in [1.807, 2.05) is 37.3 Å². The van der Waals surface area contributed by atoms with Gasteiger partial charge in [-0.3, -0.25) is 4.79 Å². The molecule has 0 bridgehead atoms. The number of hydrogen-bond donors (Lipinski definition) is 0. The SMILES string of the molecule is C[C@@H](Sc1ccccc1)C(=O)N1CCN(c2ncc(C(F)(F)F)cc2Cl)CC1. The summed E-state index contributed by atoms with van der Waals surface area (Å²) in [5.41, 5.74) is -0.873. The first-order valence-corrected chi connectivity index (χ1v) is 9.99. The van der Waals surface area contributed by atoms with Gasteiger partial charge in [-0.25, -0.2) is 4.98 Å². The van der Waals surface area contributed by atoms with E-state index in [0.717, 1.165) is 17.2 Å². The van der Waals surface area contributed by atoms with E-state index >= 15 is 0 Å². The predicted molar refractivity (Wildman–Crippen MR) is 105 cm³/mol. The van der Waals surface area contributed by atoms with Crippen molar-refractivity contribution in [3.63, 3.8) is 0 Å². The first-order valence-electron chi connectivity index (χ1n) is 8.74. The molecule has 0 aliphatic carbocycles. The Kier molecular flexibility index (Phi) is 6.40. The standard InChI is InChI=1S/C19H19ClF3N3OS/c1-13(28-15-5-3-2-4-6-15)18(27)26-9-7-25(8-10-26)17-16(20)11-14(12-24-17)19(21,22)23/h2-6,11-13H,7-10H2,1H3/t13-/m1/s1. The van der Waals surface area contributed by atoms with Crippen LogP contribution in [0.15, 0.2) is 47.5 Å². The quantitative estimate of drug-likeness (QED) is 0.666. The number of piperazine rings is 1. The number of benzene rings is 1. The highest BCUT2D eigenvalue weighted by Gasteiger charge is 2.33. The number of aromatic nitrogens is 1. The third-order valence-electron chi connectivity index (χ3n) is 4.44. The average molecular weight is 430 g/mol. The lowest BCUT2D eigenvalue weighted by atomic mass is 10.2. The largest absolute Gasteiger partial charge is 0.417 e. The van der Waals surface area contributed by atoms with E-state index in [-0.39, 0.29) is 16.2 Å². The van der Waals surface area contributed by atoms with Crippen LogP contribution in [0.5, 0.6) is 0 Å². The topological polar surface area (TPSA) is 36.4 Å². The van der Waals surface area contributed by atoms with E-state index in [1.54, 1.807) is 9.80 Å². The Morgan fingerprint density at radius 2 is 1.82 bits per heavy atom. The zero-order valence-electron chi connectivity index (χ0n) is 15.1. The molecule has 1 aromatic heterocycles. The molecule has 2 heterocycles. The molecule has 0 unspecified atom stereocenters. The number of carbonyl (C=O) groups is 1. The molecule has 9 heteroatoms. The third-order valence-corrected chi connectivity index (χ3v) is 5.82. The van der Waals surface area contributed by atoms with Crippen LogP contribution < -0.4 is 4.90 Å². The number of amides is 1. The second kappa shape index (κ2) is 8.61. The zero-order valence-corrected chi connectivity index (χ0v) is 16.7. The Morgan fingerprint density at radius 3 is 2.39 bits per heavy atom. The van der Waals surface area contributed by atoms with Crippen molar-refractivity contribution >= 4 is 35.1 Å². The molecule has 3 rings (SSSR count). The fourth-order valence-corrected chi connectivity index (χ4v) is 4.23. The molecule has 150 valence electrons. The van der Waals surface area contributed by atoms with Gasteiger partial charge in [-0.15, -0.1) is 11.8 Å². The number of hydrogen-bond acceptors (Lipinski definition) is 4. The van der Waals surface area contributed by atoms with E-state index in [0.29, 0.717) is 32.0 Å². The van der Waals surface area contributed by atoms with Crippen molar-refractivity contribution < 1.29 is 18.0 Å². The fourth-order valence-electron chi connectivity index (χ4n) is 2.97. The summed E-state index contributed by atoms with van der Waals surface area (Å²) in [6.07, 6.45) is -3.69. The summed E-state index contributed by atoms with van der Waals surface area (Å²) >= 11 is 7.52. The Balaban J connectivity index is 1.59. The third kappa shape index (κ3) is 4.91. The molecule has 0 radical (unpaired) electrons. The number of pyridine rings is 1. The maximum Gasteiger partial charge on any atom is 0.417 e. The van der Waals surface area contributed by atoms with Crippen LogP contribution in [0.25, 0.3) is 0 Å². The highest BCUT2D eigenvalue weighted by Crippen LogP contribution is 2.34. The van der Waals surface area contributed by atoms with Crippen LogP contribution in [-0.4, -0.2) is 47.2 Å². The summed E-state index contributed by atoms with van der Waals surface area (Å²) < 4.78 is 38.3. The van der Waals surface area contributed by atoms with Crippen LogP contribution in [0.1, 0.15) is 12.5 Å². The summed E-state index contributed by atoms with van der Waals surface area (Å²) in [7, 11) is 0. The van der Waals surface area contributed by atoms with Gasteiger partial charge in [0.15, 0.2) is 0 Å². The highest BCUT2D eigenvalue weighted by atomic mass is 35.5. The van der Waals surface area contributed by atoms with Crippen molar-refractivity contribution in [1.82, 2.24) is 9.88 Å². The van der Waals surface area contributed by atoms with E-state index in [9.17, 15) is 18.0 Å². The molecule has 1 aliphatic heterocycles. The Morgan fingerprint density at radius 1 is 1.18 bits per heavy atom. The lowest BCUT2D eigenvalue weighted by Crippen LogP contribution is -2.51. The van der Waals surface area contributed by atoms with Crippen molar-refractivity contribution in [2.75, 3.05) is 31.1 Å². The molecule has 0 N–H and O–H groups in total. The smallest absolute Gasteiger partial charge is 0.352 e. The molecule has 2 aromatic rings. The van der Waals surface area contributed by atoms with Crippen LogP contribution in [0, 0.1) is 0 Å². The summed E-state index contributed by atoms with van der Waals surface area (Å²) in [4.78, 5) is 21.2. The summed E-state index contributed by atoms with van der Waals surface area (Å²) in [5.74, 6) is 0.355. The first kappa shape index (κ1) is 20.8. The van der Waals surface area contributed by atoms with Crippen LogP contribution in [0.3, 0.4) is 0 Å². The van der Waals surface area contributed by atoms with Crippen molar-refractivity contribution in [1.29, 1.82) is 0 Å². The molecule has 0 spiro atoms. The summed E-state index contributed by atoms with van der Waals surface area (Å²) in [6, 6.07) is 10.6. The van der Waals surface area contributed by atoms with Gasteiger partial charge in [0.25, 0.3) is 0 Å². The number of rotatable bonds is 4. The lowest BCUT2D eigenvalue weighted by molar-refractivity contribution is -0.137. The van der Waals surface area contributed by atoms with Gasteiger partial charge in [0.1, 0.15) is 5.82 Å². The minimum absolute atomic E-state index is 0.0393. The van der Waals surface area contributed by atoms with E-state index in [4.69, 9.17) is 11.6 Å². The van der Waals surface area contributed by atoms with Gasteiger partial charge in [-0.05, 0) is 25.1 Å². The second-order valence-corrected chi connectivity index (χ2v) is 8.23. The van der Waals surface area contributed by atoms with Crippen LogP contribution >= 0.6 is 23.4 Å². The molecule has 1 amide bonds. The molecule has 1 fully saturated rings. The molecule has 4 nitrogen and oxygen atoms in total. The molecular formula is C19H19ClF3N3OS. The van der Waals surface area contributed by atoms with Crippen LogP contribution in [-0.2, 0) is 11.0 Å². The maximum atomic E-state index is 12.8. The number of carbonyl (C=O) groups excluding carboxylic acids is 1. The fraction of sp³-hybridized carbons (Fsp3) is 0.368. The molecular weight excluding hydrogens is 411 g/mol. The number of thioether (sulfide) groups is 1. The van der Waals surface area contributed by atoms with Gasteiger partial charge >= 0.3 is 6.18 Å². The summed E-state index contributed by atoms with van der Waals surface area (Å²) in [5, 5.41) is -0.260. The molecule has 28 heavy (non-hydrogen) atoms. The maximum absolute atomic E-state index is 12.8. The van der Waals surface area contributed by atoms with Crippen molar-refractivity contribution in [3.8, 4) is 0 Å². The molecule has 1 aliphatic rings. The van der Waals surface area contributed by atoms with E-state index in [2.05, 4.69) is 4.98 Å².